The van der Waals surface area contributed by atoms with Crippen LogP contribution in [0, 0.1) is 5.92 Å². The van der Waals surface area contributed by atoms with E-state index in [-0.39, 0.29) is 0 Å². The van der Waals surface area contributed by atoms with E-state index in [1.165, 1.54) is 57.4 Å². The zero-order chi connectivity index (χ0) is 14.5. The molecule has 2 aliphatic rings. The van der Waals surface area contributed by atoms with Gasteiger partial charge in [-0.05, 0) is 68.8 Å². The molecule has 2 heterocycles. The molecule has 1 aromatic rings. The first-order valence-corrected chi connectivity index (χ1v) is 8.44. The quantitative estimate of drug-likeness (QED) is 0.901. The second-order valence-corrected chi connectivity index (χ2v) is 6.50. The Morgan fingerprint density at radius 2 is 2.05 bits per heavy atom. The molecule has 0 spiro atoms. The van der Waals surface area contributed by atoms with E-state index >= 15 is 0 Å². The lowest BCUT2D eigenvalue weighted by Crippen LogP contribution is -2.44. The highest BCUT2D eigenvalue weighted by Gasteiger charge is 2.28. The van der Waals surface area contributed by atoms with Crippen molar-refractivity contribution in [2.75, 3.05) is 33.3 Å². The molecular weight excluding hydrogens is 260 g/mol. The van der Waals surface area contributed by atoms with Crippen LogP contribution in [0.2, 0.25) is 0 Å². The van der Waals surface area contributed by atoms with E-state index in [9.17, 15) is 0 Å². The molecule has 2 atom stereocenters. The van der Waals surface area contributed by atoms with Crippen LogP contribution in [-0.4, -0.2) is 44.2 Å². The van der Waals surface area contributed by atoms with Gasteiger partial charge in [0, 0.05) is 19.1 Å². The van der Waals surface area contributed by atoms with E-state index in [0.29, 0.717) is 0 Å². The smallest absolute Gasteiger partial charge is 0.118 e. The highest BCUT2D eigenvalue weighted by molar-refractivity contribution is 5.27. The summed E-state index contributed by atoms with van der Waals surface area (Å²) in [6.45, 7) is 4.98. The zero-order valence-electron chi connectivity index (χ0n) is 13.2. The summed E-state index contributed by atoms with van der Waals surface area (Å²) in [7, 11) is 1.72. The number of ether oxygens (including phenoxy) is 1. The number of hydrogen-bond acceptors (Lipinski definition) is 3. The number of methoxy groups -OCH3 is 1. The van der Waals surface area contributed by atoms with Gasteiger partial charge in [0.25, 0.3) is 0 Å². The first-order chi connectivity index (χ1) is 10.3. The van der Waals surface area contributed by atoms with Crippen molar-refractivity contribution < 1.29 is 4.74 Å². The van der Waals surface area contributed by atoms with Crippen LogP contribution in [0.5, 0.6) is 5.75 Å². The van der Waals surface area contributed by atoms with Gasteiger partial charge in [0.05, 0.1) is 7.11 Å². The van der Waals surface area contributed by atoms with Gasteiger partial charge in [-0.15, -0.1) is 0 Å². The van der Waals surface area contributed by atoms with Crippen molar-refractivity contribution in [3.63, 3.8) is 0 Å². The highest BCUT2D eigenvalue weighted by Crippen LogP contribution is 2.25. The maximum atomic E-state index is 5.22. The summed E-state index contributed by atoms with van der Waals surface area (Å²) in [6, 6.07) is 9.30. The predicted octanol–water partition coefficient (Wildman–Crippen LogP) is 2.70. The van der Waals surface area contributed by atoms with Gasteiger partial charge in [0.1, 0.15) is 5.75 Å². The maximum absolute atomic E-state index is 5.22. The average Bonchev–Trinajstić information content (AvgIpc) is 3.08. The Labute approximate surface area is 128 Å². The van der Waals surface area contributed by atoms with E-state index < -0.39 is 0 Å². The molecule has 1 aromatic carbocycles. The molecule has 2 aliphatic heterocycles. The molecule has 3 rings (SSSR count). The summed E-state index contributed by atoms with van der Waals surface area (Å²) in [6.07, 6.45) is 6.68. The lowest BCUT2D eigenvalue weighted by molar-refractivity contribution is 0.153. The third-order valence-corrected chi connectivity index (χ3v) is 5.09. The van der Waals surface area contributed by atoms with E-state index in [1.54, 1.807) is 7.11 Å². The van der Waals surface area contributed by atoms with E-state index in [4.69, 9.17) is 4.74 Å². The summed E-state index contributed by atoms with van der Waals surface area (Å²) in [5.41, 5.74) is 1.41. The van der Waals surface area contributed by atoms with E-state index in [2.05, 4.69) is 34.5 Å². The van der Waals surface area contributed by atoms with Gasteiger partial charge in [-0.25, -0.2) is 0 Å². The van der Waals surface area contributed by atoms with Crippen LogP contribution in [0.25, 0.3) is 0 Å². The minimum absolute atomic E-state index is 0.786. The first kappa shape index (κ1) is 14.9. The van der Waals surface area contributed by atoms with Crippen molar-refractivity contribution in [1.82, 2.24) is 10.2 Å². The highest BCUT2D eigenvalue weighted by atomic mass is 16.5. The molecule has 2 saturated heterocycles. The lowest BCUT2D eigenvalue weighted by atomic mass is 9.89. The van der Waals surface area contributed by atoms with Gasteiger partial charge in [-0.1, -0.05) is 12.1 Å². The Kier molecular flexibility index (Phi) is 5.15. The SMILES string of the molecule is COc1ccc(CCN2CCCC(C3CCCN3)C2)cc1. The first-order valence-electron chi connectivity index (χ1n) is 8.44. The van der Waals surface area contributed by atoms with Crippen molar-refractivity contribution in [3.8, 4) is 5.75 Å². The largest absolute Gasteiger partial charge is 0.497 e. The Bertz CT molecular complexity index is 425. The molecule has 21 heavy (non-hydrogen) atoms. The molecule has 0 radical (unpaired) electrons. The Morgan fingerprint density at radius 3 is 2.76 bits per heavy atom. The third-order valence-electron chi connectivity index (χ3n) is 5.09. The summed E-state index contributed by atoms with van der Waals surface area (Å²) in [5, 5.41) is 3.69. The van der Waals surface area contributed by atoms with Crippen molar-refractivity contribution in [2.45, 2.75) is 38.1 Å². The number of nitrogens with zero attached hydrogens (tertiary/aromatic N) is 1. The fraction of sp³-hybridized carbons (Fsp3) is 0.667. The third kappa shape index (κ3) is 3.98. The van der Waals surface area contributed by atoms with Gasteiger partial charge < -0.3 is 15.0 Å². The van der Waals surface area contributed by atoms with E-state index in [0.717, 1.165) is 24.1 Å². The number of hydrogen-bond donors (Lipinski definition) is 1. The topological polar surface area (TPSA) is 24.5 Å². The van der Waals surface area contributed by atoms with Crippen LogP contribution in [-0.2, 0) is 6.42 Å². The molecule has 3 heteroatoms. The Morgan fingerprint density at radius 1 is 1.19 bits per heavy atom. The van der Waals surface area contributed by atoms with Crippen LogP contribution in [0.1, 0.15) is 31.2 Å². The summed E-state index contributed by atoms with van der Waals surface area (Å²) in [4.78, 5) is 2.67. The summed E-state index contributed by atoms with van der Waals surface area (Å²) < 4.78 is 5.22. The van der Waals surface area contributed by atoms with Gasteiger partial charge in [-0.3, -0.25) is 0 Å². The number of benzene rings is 1. The summed E-state index contributed by atoms with van der Waals surface area (Å²) >= 11 is 0. The summed E-state index contributed by atoms with van der Waals surface area (Å²) in [5.74, 6) is 1.82. The van der Waals surface area contributed by atoms with E-state index in [1.807, 2.05) is 0 Å². The fourth-order valence-corrected chi connectivity index (χ4v) is 3.82. The standard InChI is InChI=1S/C18H28N2O/c1-21-17-8-6-15(7-9-17)10-13-20-12-3-4-16(14-20)18-5-2-11-19-18/h6-9,16,18-19H,2-5,10-14H2,1H3. The number of likely N-dealkylation sites (tertiary alicyclic amines) is 1. The Balaban J connectivity index is 1.47. The maximum Gasteiger partial charge on any atom is 0.118 e. The molecule has 116 valence electrons. The van der Waals surface area contributed by atoms with Crippen molar-refractivity contribution in [2.24, 2.45) is 5.92 Å². The molecule has 0 bridgehead atoms. The predicted molar refractivity (Wildman–Crippen MR) is 86.9 cm³/mol. The van der Waals surface area contributed by atoms with Crippen LogP contribution in [0.3, 0.4) is 0 Å². The zero-order valence-corrected chi connectivity index (χ0v) is 13.2. The molecule has 2 unspecified atom stereocenters. The lowest BCUT2D eigenvalue weighted by Gasteiger charge is -2.35. The molecule has 1 N–H and O–H groups in total. The van der Waals surface area contributed by atoms with Crippen LogP contribution in [0.15, 0.2) is 24.3 Å². The van der Waals surface area contributed by atoms with Crippen LogP contribution in [0.4, 0.5) is 0 Å². The fourth-order valence-electron chi connectivity index (χ4n) is 3.82. The van der Waals surface area contributed by atoms with Gasteiger partial charge in [0.2, 0.25) is 0 Å². The molecule has 3 nitrogen and oxygen atoms in total. The second-order valence-electron chi connectivity index (χ2n) is 6.50. The molecular formula is C18H28N2O. The molecule has 0 aliphatic carbocycles. The van der Waals surface area contributed by atoms with Crippen molar-refractivity contribution in [1.29, 1.82) is 0 Å². The van der Waals surface area contributed by atoms with Gasteiger partial charge in [-0.2, -0.15) is 0 Å². The molecule has 0 saturated carbocycles. The van der Waals surface area contributed by atoms with Crippen LogP contribution >= 0.6 is 0 Å². The molecule has 2 fully saturated rings. The second kappa shape index (κ2) is 7.28. The Hall–Kier alpha value is -1.06. The minimum atomic E-state index is 0.786. The molecule has 0 amide bonds. The van der Waals surface area contributed by atoms with Gasteiger partial charge >= 0.3 is 0 Å². The number of rotatable bonds is 5. The monoisotopic (exact) mass is 288 g/mol. The normalized spacial score (nSPS) is 26.9. The van der Waals surface area contributed by atoms with Gasteiger partial charge in [0.15, 0.2) is 0 Å². The molecule has 0 aromatic heterocycles. The average molecular weight is 288 g/mol. The minimum Gasteiger partial charge on any atom is -0.497 e. The van der Waals surface area contributed by atoms with Crippen molar-refractivity contribution >= 4 is 0 Å². The number of piperidine rings is 1. The van der Waals surface area contributed by atoms with Crippen LogP contribution < -0.4 is 10.1 Å². The van der Waals surface area contributed by atoms with Crippen molar-refractivity contribution in [3.05, 3.63) is 29.8 Å². The number of nitrogens with one attached hydrogen (secondary N) is 1.